The van der Waals surface area contributed by atoms with E-state index in [1.165, 1.54) is 5.56 Å². The lowest BCUT2D eigenvalue weighted by atomic mass is 10.0. The van der Waals surface area contributed by atoms with E-state index in [0.717, 1.165) is 17.5 Å². The van der Waals surface area contributed by atoms with E-state index in [2.05, 4.69) is 28.9 Å². The van der Waals surface area contributed by atoms with Gasteiger partial charge in [-0.3, -0.25) is 4.79 Å². The molecule has 1 aromatic carbocycles. The fourth-order valence-corrected chi connectivity index (χ4v) is 1.98. The first-order valence-electron chi connectivity index (χ1n) is 4.95. The average molecular weight is 290 g/mol. The Bertz CT molecular complexity index is 349. The summed E-state index contributed by atoms with van der Waals surface area (Å²) in [5, 5.41) is 0.422. The standard InChI is InChI=1S/C12H14BrClO/c1-2-10-5-9(6-12(15)7-13)3-4-11(10)8-14/h3-5H,2,6-8H2,1H3. The Morgan fingerprint density at radius 3 is 2.67 bits per heavy atom. The van der Waals surface area contributed by atoms with E-state index in [1.54, 1.807) is 0 Å². The molecule has 0 spiro atoms. The third kappa shape index (κ3) is 3.62. The van der Waals surface area contributed by atoms with Gasteiger partial charge in [0.05, 0.1) is 5.33 Å². The minimum absolute atomic E-state index is 0.204. The van der Waals surface area contributed by atoms with Crippen molar-refractivity contribution >= 4 is 33.3 Å². The second-order valence-corrected chi connectivity index (χ2v) is 4.27. The molecule has 0 unspecified atom stereocenters. The van der Waals surface area contributed by atoms with Gasteiger partial charge in [0, 0.05) is 12.3 Å². The number of halogens is 2. The molecule has 0 radical (unpaired) electrons. The highest BCUT2D eigenvalue weighted by atomic mass is 79.9. The van der Waals surface area contributed by atoms with Gasteiger partial charge in [-0.2, -0.15) is 0 Å². The van der Waals surface area contributed by atoms with Gasteiger partial charge in [-0.25, -0.2) is 0 Å². The van der Waals surface area contributed by atoms with E-state index in [0.29, 0.717) is 17.6 Å². The monoisotopic (exact) mass is 288 g/mol. The lowest BCUT2D eigenvalue weighted by Crippen LogP contribution is -2.04. The van der Waals surface area contributed by atoms with Gasteiger partial charge in [-0.1, -0.05) is 41.1 Å². The predicted molar refractivity (Wildman–Crippen MR) is 67.9 cm³/mol. The molecule has 0 aliphatic carbocycles. The molecule has 0 atom stereocenters. The molecule has 0 aliphatic rings. The number of rotatable bonds is 5. The summed E-state index contributed by atoms with van der Waals surface area (Å²) in [5.41, 5.74) is 3.48. The van der Waals surface area contributed by atoms with Crippen LogP contribution in [0.5, 0.6) is 0 Å². The summed E-state index contributed by atoms with van der Waals surface area (Å²) in [6.07, 6.45) is 1.46. The average Bonchev–Trinajstić information content (AvgIpc) is 2.28. The Balaban J connectivity index is 2.88. The Kier molecular flexibility index (Phi) is 5.34. The van der Waals surface area contributed by atoms with Crippen molar-refractivity contribution < 1.29 is 4.79 Å². The van der Waals surface area contributed by atoms with Crippen molar-refractivity contribution in [2.45, 2.75) is 25.6 Å². The van der Waals surface area contributed by atoms with E-state index in [1.807, 2.05) is 12.1 Å². The fraction of sp³-hybridized carbons (Fsp3) is 0.417. The molecular formula is C12H14BrClO. The zero-order valence-electron chi connectivity index (χ0n) is 8.72. The van der Waals surface area contributed by atoms with Crippen LogP contribution in [0.25, 0.3) is 0 Å². The highest BCUT2D eigenvalue weighted by molar-refractivity contribution is 9.09. The summed E-state index contributed by atoms with van der Waals surface area (Å²) in [5.74, 6) is 0.742. The van der Waals surface area contributed by atoms with Crippen molar-refractivity contribution in [3.05, 3.63) is 34.9 Å². The van der Waals surface area contributed by atoms with Gasteiger partial charge in [-0.15, -0.1) is 11.6 Å². The van der Waals surface area contributed by atoms with E-state index in [9.17, 15) is 4.79 Å². The van der Waals surface area contributed by atoms with Crippen molar-refractivity contribution in [2.75, 3.05) is 5.33 Å². The lowest BCUT2D eigenvalue weighted by molar-refractivity contribution is -0.115. The van der Waals surface area contributed by atoms with E-state index in [4.69, 9.17) is 11.6 Å². The van der Waals surface area contributed by atoms with Crippen LogP contribution in [0.1, 0.15) is 23.6 Å². The minimum atomic E-state index is 0.204. The third-order valence-corrected chi connectivity index (χ3v) is 3.26. The molecule has 1 aromatic rings. The minimum Gasteiger partial charge on any atom is -0.298 e. The molecule has 0 aliphatic heterocycles. The number of Topliss-reactive ketones (excluding diaryl/α,β-unsaturated/α-hetero) is 1. The molecule has 1 nitrogen and oxygen atoms in total. The summed E-state index contributed by atoms with van der Waals surface area (Å²) >= 11 is 8.99. The van der Waals surface area contributed by atoms with Crippen molar-refractivity contribution in [2.24, 2.45) is 0 Å². The first-order valence-corrected chi connectivity index (χ1v) is 6.61. The second kappa shape index (κ2) is 6.29. The molecule has 0 aromatic heterocycles. The lowest BCUT2D eigenvalue weighted by Gasteiger charge is -2.07. The summed E-state index contributed by atoms with van der Waals surface area (Å²) in [6, 6.07) is 6.08. The highest BCUT2D eigenvalue weighted by Gasteiger charge is 2.05. The first kappa shape index (κ1) is 12.7. The van der Waals surface area contributed by atoms with E-state index >= 15 is 0 Å². The molecule has 0 amide bonds. The molecule has 3 heteroatoms. The van der Waals surface area contributed by atoms with Gasteiger partial charge in [-0.05, 0) is 23.1 Å². The van der Waals surface area contributed by atoms with Crippen molar-refractivity contribution in [1.82, 2.24) is 0 Å². The number of ketones is 1. The number of carbonyl (C=O) groups excluding carboxylic acids is 1. The van der Waals surface area contributed by atoms with E-state index < -0.39 is 0 Å². The largest absolute Gasteiger partial charge is 0.298 e. The molecule has 0 N–H and O–H groups in total. The molecule has 0 saturated carbocycles. The number of alkyl halides is 2. The number of carbonyl (C=O) groups is 1. The second-order valence-electron chi connectivity index (χ2n) is 3.44. The normalized spacial score (nSPS) is 10.3. The third-order valence-electron chi connectivity index (χ3n) is 2.35. The SMILES string of the molecule is CCc1cc(CC(=O)CBr)ccc1CCl. The Morgan fingerprint density at radius 2 is 2.13 bits per heavy atom. The smallest absolute Gasteiger partial charge is 0.147 e. The van der Waals surface area contributed by atoms with Crippen LogP contribution < -0.4 is 0 Å². The van der Waals surface area contributed by atoms with Crippen LogP contribution >= 0.6 is 27.5 Å². The summed E-state index contributed by atoms with van der Waals surface area (Å²) in [7, 11) is 0. The topological polar surface area (TPSA) is 17.1 Å². The first-order chi connectivity index (χ1) is 7.21. The van der Waals surface area contributed by atoms with Crippen LogP contribution in [0.3, 0.4) is 0 Å². The van der Waals surface area contributed by atoms with Gasteiger partial charge < -0.3 is 0 Å². The maximum atomic E-state index is 11.3. The Labute approximate surface area is 104 Å². The van der Waals surface area contributed by atoms with Crippen LogP contribution in [-0.4, -0.2) is 11.1 Å². The summed E-state index contributed by atoms with van der Waals surface area (Å²) < 4.78 is 0. The van der Waals surface area contributed by atoms with Gasteiger partial charge in [0.25, 0.3) is 0 Å². The molecule has 1 rings (SSSR count). The van der Waals surface area contributed by atoms with Crippen LogP contribution in [0.15, 0.2) is 18.2 Å². The zero-order valence-corrected chi connectivity index (χ0v) is 11.1. The summed E-state index contributed by atoms with van der Waals surface area (Å²) in [4.78, 5) is 11.3. The molecular weight excluding hydrogens is 275 g/mol. The maximum Gasteiger partial charge on any atom is 0.147 e. The van der Waals surface area contributed by atoms with Gasteiger partial charge >= 0.3 is 0 Å². The summed E-state index contributed by atoms with van der Waals surface area (Å²) in [6.45, 7) is 2.10. The highest BCUT2D eigenvalue weighted by Crippen LogP contribution is 2.15. The fourth-order valence-electron chi connectivity index (χ4n) is 1.52. The van der Waals surface area contributed by atoms with Crippen molar-refractivity contribution in [3.63, 3.8) is 0 Å². The molecule has 0 fully saturated rings. The van der Waals surface area contributed by atoms with Gasteiger partial charge in [0.15, 0.2) is 0 Å². The van der Waals surface area contributed by atoms with Gasteiger partial charge in [0.1, 0.15) is 5.78 Å². The van der Waals surface area contributed by atoms with Crippen LogP contribution in [0.4, 0.5) is 0 Å². The number of hydrogen-bond acceptors (Lipinski definition) is 1. The van der Waals surface area contributed by atoms with E-state index in [-0.39, 0.29) is 5.78 Å². The molecule has 15 heavy (non-hydrogen) atoms. The maximum absolute atomic E-state index is 11.3. The predicted octanol–water partition coefficient (Wildman–Crippen LogP) is 3.49. The Hall–Kier alpha value is -0.340. The quantitative estimate of drug-likeness (QED) is 0.758. The van der Waals surface area contributed by atoms with Crippen molar-refractivity contribution in [3.8, 4) is 0 Å². The van der Waals surface area contributed by atoms with Crippen LogP contribution in [0.2, 0.25) is 0 Å². The zero-order chi connectivity index (χ0) is 11.3. The number of benzene rings is 1. The molecule has 0 heterocycles. The van der Waals surface area contributed by atoms with Crippen molar-refractivity contribution in [1.29, 1.82) is 0 Å². The number of aryl methyl sites for hydroxylation is 1. The van der Waals surface area contributed by atoms with Gasteiger partial charge in [0.2, 0.25) is 0 Å². The van der Waals surface area contributed by atoms with Crippen LogP contribution in [0, 0.1) is 0 Å². The molecule has 0 saturated heterocycles. The molecule has 82 valence electrons. The molecule has 0 bridgehead atoms. The Morgan fingerprint density at radius 1 is 1.40 bits per heavy atom. The van der Waals surface area contributed by atoms with Crippen LogP contribution in [-0.2, 0) is 23.5 Å². The number of hydrogen-bond donors (Lipinski definition) is 0.